The normalized spacial score (nSPS) is 9.53. The second-order valence-corrected chi connectivity index (χ2v) is 3.39. The Morgan fingerprint density at radius 3 is 2.65 bits per heavy atom. The van der Waals surface area contributed by atoms with Crippen LogP contribution in [0.25, 0.3) is 0 Å². The van der Waals surface area contributed by atoms with Gasteiger partial charge in [0.25, 0.3) is 0 Å². The number of ether oxygens (including phenoxy) is 1. The Morgan fingerprint density at radius 2 is 2.00 bits per heavy atom. The summed E-state index contributed by atoms with van der Waals surface area (Å²) < 4.78 is 4.41. The highest BCUT2D eigenvalue weighted by molar-refractivity contribution is 5.92. The first-order chi connectivity index (χ1) is 8.17. The van der Waals surface area contributed by atoms with Gasteiger partial charge in [-0.2, -0.15) is 0 Å². The van der Waals surface area contributed by atoms with Gasteiger partial charge in [0.1, 0.15) is 6.54 Å². The van der Waals surface area contributed by atoms with E-state index in [2.05, 4.69) is 15.4 Å². The number of hydrogen-bond donors (Lipinski definition) is 2. The van der Waals surface area contributed by atoms with Crippen LogP contribution in [0.1, 0.15) is 12.5 Å². The van der Waals surface area contributed by atoms with Crippen molar-refractivity contribution in [3.05, 3.63) is 29.8 Å². The fourth-order valence-electron chi connectivity index (χ4n) is 1.34. The van der Waals surface area contributed by atoms with Crippen LogP contribution in [0.5, 0.6) is 0 Å². The van der Waals surface area contributed by atoms with Crippen LogP contribution in [-0.4, -0.2) is 25.7 Å². The summed E-state index contributed by atoms with van der Waals surface area (Å²) in [6, 6.07) is 7.09. The molecule has 0 spiro atoms. The summed E-state index contributed by atoms with van der Waals surface area (Å²) in [4.78, 5) is 22.3. The van der Waals surface area contributed by atoms with E-state index in [9.17, 15) is 9.59 Å². The number of aryl methyl sites for hydroxylation is 1. The summed E-state index contributed by atoms with van der Waals surface area (Å²) in [5.74, 6) is -0.482. The number of anilines is 1. The van der Waals surface area contributed by atoms with E-state index in [1.54, 1.807) is 0 Å². The van der Waals surface area contributed by atoms with E-state index in [-0.39, 0.29) is 6.54 Å². The minimum atomic E-state index is -0.482. The number of benzene rings is 1. The lowest BCUT2D eigenvalue weighted by Crippen LogP contribution is -2.34. The van der Waals surface area contributed by atoms with Crippen LogP contribution in [0, 0.1) is 0 Å². The zero-order chi connectivity index (χ0) is 12.7. The Kier molecular flexibility index (Phi) is 5.00. The van der Waals surface area contributed by atoms with Gasteiger partial charge < -0.3 is 15.4 Å². The summed E-state index contributed by atoms with van der Waals surface area (Å²) in [6.45, 7) is 1.86. The highest BCUT2D eigenvalue weighted by Gasteiger charge is 2.06. The standard InChI is InChI=1S/C12H16N2O3/c1-3-9-6-4-5-7-10(9)14-12(16)13-8-11(15)17-2/h4-7H,3,8H2,1-2H3,(H2,13,14,16). The Balaban J connectivity index is 2.53. The Hall–Kier alpha value is -2.04. The third-order valence-electron chi connectivity index (χ3n) is 2.27. The lowest BCUT2D eigenvalue weighted by Gasteiger charge is -2.10. The molecule has 0 radical (unpaired) electrons. The molecular weight excluding hydrogens is 220 g/mol. The van der Waals surface area contributed by atoms with E-state index in [0.717, 1.165) is 17.7 Å². The second kappa shape index (κ2) is 6.52. The predicted octanol–water partition coefficient (Wildman–Crippen LogP) is 1.54. The third kappa shape index (κ3) is 4.14. The number of amides is 2. The van der Waals surface area contributed by atoms with Gasteiger partial charge in [-0.25, -0.2) is 4.79 Å². The molecule has 0 aliphatic carbocycles. The maximum atomic E-state index is 11.5. The average Bonchev–Trinajstić information content (AvgIpc) is 2.36. The van der Waals surface area contributed by atoms with Crippen LogP contribution >= 0.6 is 0 Å². The summed E-state index contributed by atoms with van der Waals surface area (Å²) in [7, 11) is 1.27. The van der Waals surface area contributed by atoms with Crippen molar-refractivity contribution >= 4 is 17.7 Å². The lowest BCUT2D eigenvalue weighted by molar-refractivity contribution is -0.139. The molecule has 0 unspecified atom stereocenters. The molecule has 0 saturated carbocycles. The molecule has 5 nitrogen and oxygen atoms in total. The number of esters is 1. The monoisotopic (exact) mass is 236 g/mol. The zero-order valence-electron chi connectivity index (χ0n) is 9.95. The molecule has 0 aliphatic rings. The van der Waals surface area contributed by atoms with Crippen molar-refractivity contribution < 1.29 is 14.3 Å². The van der Waals surface area contributed by atoms with E-state index >= 15 is 0 Å². The van der Waals surface area contributed by atoms with E-state index in [1.165, 1.54) is 7.11 Å². The number of rotatable bonds is 4. The number of carbonyl (C=O) groups is 2. The van der Waals surface area contributed by atoms with Gasteiger partial charge in [0.2, 0.25) is 0 Å². The van der Waals surface area contributed by atoms with Crippen LogP contribution in [0.2, 0.25) is 0 Å². The van der Waals surface area contributed by atoms with E-state index in [1.807, 2.05) is 31.2 Å². The third-order valence-corrected chi connectivity index (χ3v) is 2.27. The molecule has 92 valence electrons. The van der Waals surface area contributed by atoms with Crippen LogP contribution in [-0.2, 0) is 16.0 Å². The average molecular weight is 236 g/mol. The molecule has 2 amide bonds. The predicted molar refractivity (Wildman–Crippen MR) is 64.9 cm³/mol. The maximum Gasteiger partial charge on any atom is 0.325 e. The number of nitrogens with one attached hydrogen (secondary N) is 2. The molecule has 0 aliphatic heterocycles. The van der Waals surface area contributed by atoms with Gasteiger partial charge in [0.15, 0.2) is 0 Å². The fourth-order valence-corrected chi connectivity index (χ4v) is 1.34. The molecule has 1 aromatic rings. The van der Waals surface area contributed by atoms with Crippen molar-refractivity contribution in [3.8, 4) is 0 Å². The van der Waals surface area contributed by atoms with Gasteiger partial charge >= 0.3 is 12.0 Å². The largest absolute Gasteiger partial charge is 0.468 e. The van der Waals surface area contributed by atoms with Gasteiger partial charge in [0, 0.05) is 5.69 Å². The molecule has 5 heteroatoms. The van der Waals surface area contributed by atoms with E-state index in [0.29, 0.717) is 0 Å². The van der Waals surface area contributed by atoms with E-state index in [4.69, 9.17) is 0 Å². The first-order valence-electron chi connectivity index (χ1n) is 5.37. The van der Waals surface area contributed by atoms with Crippen LogP contribution < -0.4 is 10.6 Å². The number of hydrogen-bond acceptors (Lipinski definition) is 3. The molecule has 0 saturated heterocycles. The second-order valence-electron chi connectivity index (χ2n) is 3.39. The van der Waals surface area contributed by atoms with Crippen molar-refractivity contribution in [1.29, 1.82) is 0 Å². The molecule has 0 bridgehead atoms. The molecular formula is C12H16N2O3. The van der Waals surface area contributed by atoms with Crippen LogP contribution in [0.4, 0.5) is 10.5 Å². The number of para-hydroxylation sites is 1. The van der Waals surface area contributed by atoms with Crippen LogP contribution in [0.3, 0.4) is 0 Å². The number of carbonyl (C=O) groups excluding carboxylic acids is 2. The van der Waals surface area contributed by atoms with Gasteiger partial charge in [-0.15, -0.1) is 0 Å². The summed E-state index contributed by atoms with van der Waals surface area (Å²) >= 11 is 0. The van der Waals surface area contributed by atoms with Gasteiger partial charge in [-0.1, -0.05) is 25.1 Å². The Labute approximate surface area is 100 Å². The molecule has 1 aromatic carbocycles. The van der Waals surface area contributed by atoms with Crippen molar-refractivity contribution in [2.45, 2.75) is 13.3 Å². The molecule has 2 N–H and O–H groups in total. The molecule has 0 heterocycles. The SMILES string of the molecule is CCc1ccccc1NC(=O)NCC(=O)OC. The Bertz CT molecular complexity index is 404. The number of urea groups is 1. The Morgan fingerprint density at radius 1 is 1.29 bits per heavy atom. The molecule has 17 heavy (non-hydrogen) atoms. The smallest absolute Gasteiger partial charge is 0.325 e. The van der Waals surface area contributed by atoms with Gasteiger partial charge in [-0.05, 0) is 18.1 Å². The highest BCUT2D eigenvalue weighted by Crippen LogP contribution is 2.14. The van der Waals surface area contributed by atoms with Crippen molar-refractivity contribution in [2.75, 3.05) is 19.0 Å². The van der Waals surface area contributed by atoms with Crippen molar-refractivity contribution in [1.82, 2.24) is 5.32 Å². The zero-order valence-corrected chi connectivity index (χ0v) is 9.95. The summed E-state index contributed by atoms with van der Waals surface area (Å²) in [5.41, 5.74) is 1.79. The lowest BCUT2D eigenvalue weighted by atomic mass is 10.1. The summed E-state index contributed by atoms with van der Waals surface area (Å²) in [6.07, 6.45) is 0.827. The minimum Gasteiger partial charge on any atom is -0.468 e. The van der Waals surface area contributed by atoms with Crippen molar-refractivity contribution in [2.24, 2.45) is 0 Å². The quantitative estimate of drug-likeness (QED) is 0.779. The fraction of sp³-hybridized carbons (Fsp3) is 0.333. The topological polar surface area (TPSA) is 67.4 Å². The first-order valence-corrected chi connectivity index (χ1v) is 5.37. The van der Waals surface area contributed by atoms with Gasteiger partial charge in [-0.3, -0.25) is 4.79 Å². The van der Waals surface area contributed by atoms with Gasteiger partial charge in [0.05, 0.1) is 7.11 Å². The van der Waals surface area contributed by atoms with Crippen molar-refractivity contribution in [3.63, 3.8) is 0 Å². The maximum absolute atomic E-state index is 11.5. The molecule has 0 fully saturated rings. The van der Waals surface area contributed by atoms with Crippen LogP contribution in [0.15, 0.2) is 24.3 Å². The molecule has 0 atom stereocenters. The molecule has 0 aromatic heterocycles. The first kappa shape index (κ1) is 13.0. The number of methoxy groups -OCH3 is 1. The highest BCUT2D eigenvalue weighted by atomic mass is 16.5. The summed E-state index contributed by atoms with van der Waals surface area (Å²) in [5, 5.41) is 5.09. The van der Waals surface area contributed by atoms with E-state index < -0.39 is 12.0 Å². The molecule has 1 rings (SSSR count). The minimum absolute atomic E-state index is 0.142.